The zero-order valence-electron chi connectivity index (χ0n) is 14.4. The molecule has 2 aromatic carbocycles. The Morgan fingerprint density at radius 3 is 2.54 bits per heavy atom. The Hall–Kier alpha value is -3.06. The molecule has 0 aliphatic carbocycles. The quantitative estimate of drug-likeness (QED) is 0.725. The zero-order chi connectivity index (χ0) is 18.7. The van der Waals surface area contributed by atoms with E-state index >= 15 is 0 Å². The lowest BCUT2D eigenvalue weighted by Crippen LogP contribution is -2.15. The molecule has 3 N–H and O–H groups in total. The van der Waals surface area contributed by atoms with Crippen LogP contribution in [-0.2, 0) is 7.05 Å². The Bertz CT molecular complexity index is 967. The minimum atomic E-state index is -0.543. The molecule has 0 atom stereocenters. The first kappa shape index (κ1) is 17.8. The maximum absolute atomic E-state index is 12.8. The van der Waals surface area contributed by atoms with Crippen molar-refractivity contribution < 1.29 is 9.59 Å². The molecule has 0 saturated heterocycles. The summed E-state index contributed by atoms with van der Waals surface area (Å²) in [7, 11) is 1.81. The van der Waals surface area contributed by atoms with Crippen LogP contribution in [0.3, 0.4) is 0 Å². The van der Waals surface area contributed by atoms with E-state index in [2.05, 4.69) is 10.4 Å². The van der Waals surface area contributed by atoms with Gasteiger partial charge in [-0.3, -0.25) is 14.3 Å². The SMILES string of the molecule is Cc1nn(C)c(Sc2ccccc2)c1C(=O)Nc1cccc(C(N)=O)c1. The summed E-state index contributed by atoms with van der Waals surface area (Å²) >= 11 is 1.47. The number of hydrogen-bond acceptors (Lipinski definition) is 4. The molecule has 0 unspecified atom stereocenters. The summed E-state index contributed by atoms with van der Waals surface area (Å²) in [5, 5.41) is 7.94. The van der Waals surface area contributed by atoms with E-state index in [1.54, 1.807) is 35.9 Å². The summed E-state index contributed by atoms with van der Waals surface area (Å²) < 4.78 is 1.70. The number of aryl methyl sites for hydroxylation is 2. The van der Waals surface area contributed by atoms with E-state index < -0.39 is 5.91 Å². The summed E-state index contributed by atoms with van der Waals surface area (Å²) in [6, 6.07) is 16.3. The van der Waals surface area contributed by atoms with Crippen LogP contribution in [0, 0.1) is 6.92 Å². The van der Waals surface area contributed by atoms with Gasteiger partial charge in [-0.05, 0) is 37.3 Å². The molecule has 3 aromatic rings. The molecule has 26 heavy (non-hydrogen) atoms. The monoisotopic (exact) mass is 366 g/mol. The van der Waals surface area contributed by atoms with Crippen LogP contribution in [0.15, 0.2) is 64.5 Å². The normalized spacial score (nSPS) is 10.5. The molecule has 0 fully saturated rings. The molecule has 0 radical (unpaired) electrons. The number of carbonyl (C=O) groups is 2. The highest BCUT2D eigenvalue weighted by Crippen LogP contribution is 2.32. The average molecular weight is 366 g/mol. The van der Waals surface area contributed by atoms with Gasteiger partial charge in [0.1, 0.15) is 5.03 Å². The molecule has 6 nitrogen and oxygen atoms in total. The highest BCUT2D eigenvalue weighted by Gasteiger charge is 2.21. The van der Waals surface area contributed by atoms with E-state index in [0.717, 1.165) is 9.92 Å². The van der Waals surface area contributed by atoms with Gasteiger partial charge in [0.15, 0.2) is 0 Å². The van der Waals surface area contributed by atoms with Crippen LogP contribution < -0.4 is 11.1 Å². The molecule has 7 heteroatoms. The van der Waals surface area contributed by atoms with Gasteiger partial charge in [-0.15, -0.1) is 0 Å². The maximum atomic E-state index is 12.8. The topological polar surface area (TPSA) is 90.0 Å². The third kappa shape index (κ3) is 3.78. The van der Waals surface area contributed by atoms with Gasteiger partial charge in [0, 0.05) is 23.2 Å². The molecule has 3 rings (SSSR count). The van der Waals surface area contributed by atoms with Gasteiger partial charge < -0.3 is 11.1 Å². The molecule has 0 bridgehead atoms. The van der Waals surface area contributed by atoms with E-state index in [0.29, 0.717) is 22.5 Å². The lowest BCUT2D eigenvalue weighted by Gasteiger charge is -2.09. The number of aromatic nitrogens is 2. The molecular weight excluding hydrogens is 348 g/mol. The molecule has 132 valence electrons. The van der Waals surface area contributed by atoms with Crippen molar-refractivity contribution in [2.75, 3.05) is 5.32 Å². The second-order valence-corrected chi connectivity index (χ2v) is 6.77. The Kier molecular flexibility index (Phi) is 5.09. The Morgan fingerprint density at radius 1 is 1.12 bits per heavy atom. The van der Waals surface area contributed by atoms with Gasteiger partial charge in [-0.1, -0.05) is 36.0 Å². The van der Waals surface area contributed by atoms with E-state index in [4.69, 9.17) is 5.73 Å². The lowest BCUT2D eigenvalue weighted by molar-refractivity contribution is 0.0995. The second kappa shape index (κ2) is 7.45. The first-order valence-corrected chi connectivity index (χ1v) is 8.75. The standard InChI is InChI=1S/C19H18N4O2S/c1-12-16(18(25)21-14-8-6-7-13(11-14)17(20)24)19(23(2)22-12)26-15-9-4-3-5-10-15/h3-11H,1-2H3,(H2,20,24)(H,21,25). The van der Waals surface area contributed by atoms with Crippen molar-refractivity contribution in [1.82, 2.24) is 9.78 Å². The van der Waals surface area contributed by atoms with Crippen LogP contribution >= 0.6 is 11.8 Å². The smallest absolute Gasteiger partial charge is 0.260 e. The van der Waals surface area contributed by atoms with Crippen LogP contribution in [0.5, 0.6) is 0 Å². The van der Waals surface area contributed by atoms with Gasteiger partial charge in [-0.25, -0.2) is 0 Å². The number of rotatable bonds is 5. The third-order valence-corrected chi connectivity index (χ3v) is 4.93. The lowest BCUT2D eigenvalue weighted by atomic mass is 10.2. The van der Waals surface area contributed by atoms with Gasteiger partial charge in [0.05, 0.1) is 11.3 Å². The van der Waals surface area contributed by atoms with Crippen LogP contribution in [0.25, 0.3) is 0 Å². The Morgan fingerprint density at radius 2 is 1.85 bits per heavy atom. The number of primary amides is 1. The highest BCUT2D eigenvalue weighted by atomic mass is 32.2. The van der Waals surface area contributed by atoms with Crippen molar-refractivity contribution in [2.45, 2.75) is 16.8 Å². The van der Waals surface area contributed by atoms with Crippen molar-refractivity contribution in [3.05, 3.63) is 71.4 Å². The van der Waals surface area contributed by atoms with Crippen LogP contribution in [0.4, 0.5) is 5.69 Å². The molecule has 0 saturated carbocycles. The predicted octanol–water partition coefficient (Wildman–Crippen LogP) is 3.23. The van der Waals surface area contributed by atoms with Crippen molar-refractivity contribution >= 4 is 29.3 Å². The number of amides is 2. The number of nitrogens with zero attached hydrogens (tertiary/aromatic N) is 2. The van der Waals surface area contributed by atoms with Gasteiger partial charge in [-0.2, -0.15) is 5.10 Å². The number of hydrogen-bond donors (Lipinski definition) is 2. The number of carbonyl (C=O) groups excluding carboxylic acids is 2. The van der Waals surface area contributed by atoms with Crippen LogP contribution in [-0.4, -0.2) is 21.6 Å². The summed E-state index contributed by atoms with van der Waals surface area (Å²) in [5.74, 6) is -0.824. The summed E-state index contributed by atoms with van der Waals surface area (Å²) in [4.78, 5) is 25.2. The summed E-state index contributed by atoms with van der Waals surface area (Å²) in [5.41, 5.74) is 7.28. The molecular formula is C19H18N4O2S. The fourth-order valence-corrected chi connectivity index (χ4v) is 3.59. The molecule has 1 aromatic heterocycles. The molecule has 2 amide bonds. The average Bonchev–Trinajstić information content (AvgIpc) is 2.89. The van der Waals surface area contributed by atoms with Crippen molar-refractivity contribution in [2.24, 2.45) is 12.8 Å². The number of anilines is 1. The summed E-state index contributed by atoms with van der Waals surface area (Å²) in [6.07, 6.45) is 0. The van der Waals surface area contributed by atoms with E-state index in [1.165, 1.54) is 11.8 Å². The molecule has 1 heterocycles. The number of benzene rings is 2. The van der Waals surface area contributed by atoms with E-state index in [9.17, 15) is 9.59 Å². The van der Waals surface area contributed by atoms with Crippen molar-refractivity contribution in [3.8, 4) is 0 Å². The Balaban J connectivity index is 1.90. The highest BCUT2D eigenvalue weighted by molar-refractivity contribution is 7.99. The fourth-order valence-electron chi connectivity index (χ4n) is 2.56. The van der Waals surface area contributed by atoms with Crippen LogP contribution in [0.2, 0.25) is 0 Å². The summed E-state index contributed by atoms with van der Waals surface area (Å²) in [6.45, 7) is 1.80. The predicted molar refractivity (Wildman–Crippen MR) is 101 cm³/mol. The molecule has 0 aliphatic rings. The van der Waals surface area contributed by atoms with E-state index in [1.807, 2.05) is 37.4 Å². The third-order valence-electron chi connectivity index (χ3n) is 3.76. The minimum Gasteiger partial charge on any atom is -0.366 e. The first-order chi connectivity index (χ1) is 12.5. The minimum absolute atomic E-state index is 0.282. The van der Waals surface area contributed by atoms with Gasteiger partial charge >= 0.3 is 0 Å². The van der Waals surface area contributed by atoms with Gasteiger partial charge in [0.25, 0.3) is 5.91 Å². The second-order valence-electron chi connectivity index (χ2n) is 5.70. The van der Waals surface area contributed by atoms with E-state index in [-0.39, 0.29) is 5.91 Å². The zero-order valence-corrected chi connectivity index (χ0v) is 15.2. The Labute approximate surface area is 155 Å². The van der Waals surface area contributed by atoms with Crippen molar-refractivity contribution in [1.29, 1.82) is 0 Å². The first-order valence-electron chi connectivity index (χ1n) is 7.93. The van der Waals surface area contributed by atoms with Gasteiger partial charge in [0.2, 0.25) is 5.91 Å². The maximum Gasteiger partial charge on any atom is 0.260 e. The van der Waals surface area contributed by atoms with Crippen LogP contribution in [0.1, 0.15) is 26.4 Å². The fraction of sp³-hybridized carbons (Fsp3) is 0.105. The largest absolute Gasteiger partial charge is 0.366 e. The number of nitrogens with one attached hydrogen (secondary N) is 1. The van der Waals surface area contributed by atoms with Crippen molar-refractivity contribution in [3.63, 3.8) is 0 Å². The molecule has 0 aliphatic heterocycles. The number of nitrogens with two attached hydrogens (primary N) is 1. The molecule has 0 spiro atoms.